The van der Waals surface area contributed by atoms with E-state index in [1.807, 2.05) is 12.1 Å². The molecule has 126 valence electrons. The largest absolute Gasteiger partial charge is 0.454 e. The maximum Gasteiger partial charge on any atom is 0.231 e. The Morgan fingerprint density at radius 3 is 3.12 bits per heavy atom. The average molecular weight is 343 g/mol. The maximum absolute atomic E-state index is 5.47. The van der Waals surface area contributed by atoms with Gasteiger partial charge in [0.25, 0.3) is 0 Å². The summed E-state index contributed by atoms with van der Waals surface area (Å²) in [6, 6.07) is 6.83. The Kier molecular flexibility index (Phi) is 3.69. The van der Waals surface area contributed by atoms with E-state index >= 15 is 0 Å². The molecular formula is C18H21N3O2S. The van der Waals surface area contributed by atoms with E-state index in [1.165, 1.54) is 38.2 Å². The fourth-order valence-electron chi connectivity index (χ4n) is 3.97. The molecule has 0 radical (unpaired) electrons. The Labute approximate surface area is 145 Å². The molecule has 0 saturated carbocycles. The lowest BCUT2D eigenvalue weighted by Gasteiger charge is -2.37. The van der Waals surface area contributed by atoms with Gasteiger partial charge in [-0.05, 0) is 37.6 Å². The zero-order chi connectivity index (χ0) is 15.9. The summed E-state index contributed by atoms with van der Waals surface area (Å²) in [6.45, 7) is 6.14. The average Bonchev–Trinajstić information content (AvgIpc) is 3.34. The summed E-state index contributed by atoms with van der Waals surface area (Å²) in [6.07, 6.45) is 2.72. The van der Waals surface area contributed by atoms with E-state index in [0.29, 0.717) is 6.79 Å². The standard InChI is InChI=1S/C18H21N3O2S/c1-2-15-10-20(6-7-21(15)5-1)9-14-11-24-18(19-14)13-3-4-16-17(8-13)23-12-22-16/h3-4,8,11,15H,1-2,5-7,9-10,12H2. The van der Waals surface area contributed by atoms with Gasteiger partial charge in [-0.15, -0.1) is 11.3 Å². The predicted molar refractivity (Wildman–Crippen MR) is 93.5 cm³/mol. The molecule has 2 aromatic rings. The van der Waals surface area contributed by atoms with Gasteiger partial charge in [-0.25, -0.2) is 4.98 Å². The monoisotopic (exact) mass is 343 g/mol. The number of fused-ring (bicyclic) bond motifs is 2. The number of piperazine rings is 1. The van der Waals surface area contributed by atoms with E-state index in [0.717, 1.165) is 41.2 Å². The first-order valence-electron chi connectivity index (χ1n) is 8.66. The van der Waals surface area contributed by atoms with Crippen LogP contribution in [0.2, 0.25) is 0 Å². The third-order valence-electron chi connectivity index (χ3n) is 5.23. The zero-order valence-corrected chi connectivity index (χ0v) is 14.4. The number of benzene rings is 1. The molecule has 5 rings (SSSR count). The molecule has 3 aliphatic heterocycles. The van der Waals surface area contributed by atoms with Crippen LogP contribution >= 0.6 is 11.3 Å². The van der Waals surface area contributed by atoms with Crippen molar-refractivity contribution < 1.29 is 9.47 Å². The molecule has 0 spiro atoms. The van der Waals surface area contributed by atoms with Crippen molar-refractivity contribution in [3.8, 4) is 22.1 Å². The highest BCUT2D eigenvalue weighted by Gasteiger charge is 2.30. The van der Waals surface area contributed by atoms with Crippen molar-refractivity contribution in [2.45, 2.75) is 25.4 Å². The van der Waals surface area contributed by atoms with Crippen molar-refractivity contribution in [2.24, 2.45) is 0 Å². The Hall–Kier alpha value is -1.63. The summed E-state index contributed by atoms with van der Waals surface area (Å²) >= 11 is 1.71. The van der Waals surface area contributed by atoms with Gasteiger partial charge in [0.15, 0.2) is 11.5 Å². The van der Waals surface area contributed by atoms with E-state index in [9.17, 15) is 0 Å². The number of aromatic nitrogens is 1. The highest BCUT2D eigenvalue weighted by molar-refractivity contribution is 7.13. The molecule has 2 saturated heterocycles. The highest BCUT2D eigenvalue weighted by atomic mass is 32.1. The van der Waals surface area contributed by atoms with Gasteiger partial charge in [0.2, 0.25) is 6.79 Å². The molecule has 1 aromatic carbocycles. The summed E-state index contributed by atoms with van der Waals surface area (Å²) in [4.78, 5) is 10.1. The molecule has 5 nitrogen and oxygen atoms in total. The topological polar surface area (TPSA) is 37.8 Å². The van der Waals surface area contributed by atoms with Crippen LogP contribution in [0.15, 0.2) is 23.6 Å². The smallest absolute Gasteiger partial charge is 0.231 e. The molecule has 0 amide bonds. The van der Waals surface area contributed by atoms with Gasteiger partial charge in [-0.2, -0.15) is 0 Å². The molecule has 1 aromatic heterocycles. The third-order valence-corrected chi connectivity index (χ3v) is 6.17. The van der Waals surface area contributed by atoms with E-state index in [-0.39, 0.29) is 0 Å². The van der Waals surface area contributed by atoms with Crippen LogP contribution in [0.4, 0.5) is 0 Å². The fraction of sp³-hybridized carbons (Fsp3) is 0.500. The molecular weight excluding hydrogens is 322 g/mol. The van der Waals surface area contributed by atoms with Crippen LogP contribution in [0.3, 0.4) is 0 Å². The molecule has 24 heavy (non-hydrogen) atoms. The third kappa shape index (κ3) is 2.68. The molecule has 0 bridgehead atoms. The number of nitrogens with zero attached hydrogens (tertiary/aromatic N) is 3. The van der Waals surface area contributed by atoms with Gasteiger partial charge in [-0.3, -0.25) is 9.80 Å². The van der Waals surface area contributed by atoms with Crippen molar-refractivity contribution >= 4 is 11.3 Å². The fourth-order valence-corrected chi connectivity index (χ4v) is 4.78. The minimum atomic E-state index is 0.315. The molecule has 0 aliphatic carbocycles. The Balaban J connectivity index is 1.29. The van der Waals surface area contributed by atoms with Crippen molar-refractivity contribution in [1.82, 2.24) is 14.8 Å². The van der Waals surface area contributed by atoms with Crippen molar-refractivity contribution in [3.63, 3.8) is 0 Å². The van der Waals surface area contributed by atoms with Crippen molar-refractivity contribution in [1.29, 1.82) is 0 Å². The number of hydrogen-bond donors (Lipinski definition) is 0. The summed E-state index contributed by atoms with van der Waals surface area (Å²) in [7, 11) is 0. The van der Waals surface area contributed by atoms with E-state index in [4.69, 9.17) is 14.5 Å². The van der Waals surface area contributed by atoms with Crippen LogP contribution in [-0.2, 0) is 6.54 Å². The summed E-state index contributed by atoms with van der Waals surface area (Å²) in [5, 5.41) is 3.25. The van der Waals surface area contributed by atoms with Crippen LogP contribution in [0.5, 0.6) is 11.5 Å². The number of ether oxygens (including phenoxy) is 2. The van der Waals surface area contributed by atoms with Crippen molar-refractivity contribution in [3.05, 3.63) is 29.3 Å². The quantitative estimate of drug-likeness (QED) is 0.857. The molecule has 4 heterocycles. The van der Waals surface area contributed by atoms with Gasteiger partial charge in [0.1, 0.15) is 5.01 Å². The Bertz CT molecular complexity index is 748. The SMILES string of the molecule is c1cc2c(cc1-c1nc(CN3CCN4CCCC4C3)cs1)OCO2. The first kappa shape index (κ1) is 14.7. The summed E-state index contributed by atoms with van der Waals surface area (Å²) in [5.41, 5.74) is 2.29. The van der Waals surface area contributed by atoms with Gasteiger partial charge >= 0.3 is 0 Å². The zero-order valence-electron chi connectivity index (χ0n) is 13.6. The van der Waals surface area contributed by atoms with Crippen LogP contribution in [-0.4, -0.2) is 53.8 Å². The normalized spacial score (nSPS) is 23.6. The minimum Gasteiger partial charge on any atom is -0.454 e. The second-order valence-corrected chi connectivity index (χ2v) is 7.64. The second kappa shape index (κ2) is 6.02. The van der Waals surface area contributed by atoms with E-state index < -0.39 is 0 Å². The van der Waals surface area contributed by atoms with Gasteiger partial charge in [-0.1, -0.05) is 0 Å². The number of thiazole rings is 1. The maximum atomic E-state index is 5.47. The minimum absolute atomic E-state index is 0.315. The molecule has 3 aliphatic rings. The predicted octanol–water partition coefficient (Wildman–Crippen LogP) is 2.82. The van der Waals surface area contributed by atoms with Crippen LogP contribution in [0, 0.1) is 0 Å². The molecule has 2 fully saturated rings. The lowest BCUT2D eigenvalue weighted by molar-refractivity contribution is 0.0986. The Morgan fingerprint density at radius 2 is 2.12 bits per heavy atom. The molecule has 6 heteroatoms. The van der Waals surface area contributed by atoms with Crippen LogP contribution < -0.4 is 9.47 Å². The lowest BCUT2D eigenvalue weighted by atomic mass is 10.1. The van der Waals surface area contributed by atoms with E-state index in [1.54, 1.807) is 11.3 Å². The molecule has 1 unspecified atom stereocenters. The highest BCUT2D eigenvalue weighted by Crippen LogP contribution is 2.36. The summed E-state index contributed by atoms with van der Waals surface area (Å²) < 4.78 is 10.9. The number of hydrogen-bond acceptors (Lipinski definition) is 6. The van der Waals surface area contributed by atoms with Crippen LogP contribution in [0.25, 0.3) is 10.6 Å². The first-order valence-corrected chi connectivity index (χ1v) is 9.54. The lowest BCUT2D eigenvalue weighted by Crippen LogP contribution is -2.49. The van der Waals surface area contributed by atoms with Gasteiger partial charge < -0.3 is 9.47 Å². The Morgan fingerprint density at radius 1 is 1.17 bits per heavy atom. The van der Waals surface area contributed by atoms with Crippen molar-refractivity contribution in [2.75, 3.05) is 33.0 Å². The molecule has 1 atom stereocenters. The summed E-state index contributed by atoms with van der Waals surface area (Å²) in [5.74, 6) is 1.64. The second-order valence-electron chi connectivity index (χ2n) is 6.78. The van der Waals surface area contributed by atoms with E-state index in [2.05, 4.69) is 21.2 Å². The first-order chi connectivity index (χ1) is 11.8. The van der Waals surface area contributed by atoms with Gasteiger partial charge in [0.05, 0.1) is 5.69 Å². The van der Waals surface area contributed by atoms with Crippen LogP contribution in [0.1, 0.15) is 18.5 Å². The molecule has 0 N–H and O–H groups in total. The van der Waals surface area contributed by atoms with Gasteiger partial charge in [0, 0.05) is 43.2 Å². The number of rotatable bonds is 3.